The Hall–Kier alpha value is -2.55. The highest BCUT2D eigenvalue weighted by Gasteiger charge is 2.43. The molecule has 0 saturated carbocycles. The van der Waals surface area contributed by atoms with E-state index in [4.69, 9.17) is 10.5 Å². The molecular weight excluding hydrogens is 373 g/mol. The third-order valence-electron chi connectivity index (χ3n) is 4.91. The van der Waals surface area contributed by atoms with Gasteiger partial charge in [-0.15, -0.1) is 0 Å². The normalized spacial score (nSPS) is 21.4. The van der Waals surface area contributed by atoms with Gasteiger partial charge in [-0.1, -0.05) is 6.92 Å². The Labute approximate surface area is 160 Å². The van der Waals surface area contributed by atoms with Crippen LogP contribution in [0.25, 0.3) is 10.9 Å². The van der Waals surface area contributed by atoms with E-state index < -0.39 is 24.2 Å². The van der Waals surface area contributed by atoms with Gasteiger partial charge in [0.15, 0.2) is 6.04 Å². The van der Waals surface area contributed by atoms with Crippen LogP contribution in [0.2, 0.25) is 0 Å². The van der Waals surface area contributed by atoms with Crippen molar-refractivity contribution >= 4 is 22.5 Å². The highest BCUT2D eigenvalue weighted by atomic mass is 19.4. The number of rotatable bonds is 4. The number of nitrogens with one attached hydrogen (secondary N) is 1. The molecule has 1 aliphatic rings. The lowest BCUT2D eigenvalue weighted by Crippen LogP contribution is -2.57. The molecule has 2 heterocycles. The number of alkyl halides is 3. The van der Waals surface area contributed by atoms with Crippen molar-refractivity contribution in [3.8, 4) is 5.75 Å². The number of hydrogen-bond acceptors (Lipinski definition) is 5. The molecule has 6 nitrogen and oxygen atoms in total. The number of piperidine rings is 1. The van der Waals surface area contributed by atoms with Gasteiger partial charge in [-0.25, -0.2) is 0 Å². The molecule has 3 N–H and O–H groups in total. The Bertz CT molecular complexity index is 859. The number of methoxy groups -OCH3 is 1. The fraction of sp³-hybridized carbons (Fsp3) is 0.474. The fourth-order valence-electron chi connectivity index (χ4n) is 3.66. The maximum atomic E-state index is 12.7. The molecule has 9 heteroatoms. The first kappa shape index (κ1) is 20.2. The number of nitrogens with two attached hydrogens (primary N) is 1. The molecule has 152 valence electrons. The second kappa shape index (κ2) is 7.83. The van der Waals surface area contributed by atoms with Crippen molar-refractivity contribution in [2.75, 3.05) is 25.1 Å². The van der Waals surface area contributed by atoms with E-state index in [2.05, 4.69) is 15.2 Å². The standard InChI is InChI=1S/C19H23F3N4O2/c1-11-8-12(25-18(27)17(23)19(20,21)22)10-26(9-11)14-5-6-15(28-2)16-13(14)4-3-7-24-16/h3-7,11-12,17H,8-10,23H2,1-2H3,(H,25,27)/t11?,12-,17?/m1/s1. The van der Waals surface area contributed by atoms with Crippen LogP contribution in [-0.4, -0.2) is 49.4 Å². The Morgan fingerprint density at radius 1 is 1.36 bits per heavy atom. The molecule has 0 aliphatic carbocycles. The van der Waals surface area contributed by atoms with Crippen LogP contribution in [0.5, 0.6) is 5.75 Å². The second-order valence-electron chi connectivity index (χ2n) is 7.16. The molecule has 1 aromatic carbocycles. The Balaban J connectivity index is 1.84. The van der Waals surface area contributed by atoms with Crippen molar-refractivity contribution in [2.45, 2.75) is 31.6 Å². The van der Waals surface area contributed by atoms with Crippen LogP contribution in [0.3, 0.4) is 0 Å². The van der Waals surface area contributed by atoms with E-state index in [1.807, 2.05) is 31.2 Å². The molecule has 1 saturated heterocycles. The number of benzene rings is 1. The fourth-order valence-corrected chi connectivity index (χ4v) is 3.66. The van der Waals surface area contributed by atoms with Gasteiger partial charge in [0.1, 0.15) is 11.3 Å². The van der Waals surface area contributed by atoms with Crippen LogP contribution in [0.15, 0.2) is 30.5 Å². The number of carbonyl (C=O) groups is 1. The SMILES string of the molecule is COc1ccc(N2CC(C)C[C@@H](NC(=O)C(N)C(F)(F)F)C2)c2cccnc12. The maximum absolute atomic E-state index is 12.7. The molecule has 0 spiro atoms. The number of fused-ring (bicyclic) bond motifs is 1. The van der Waals surface area contributed by atoms with Gasteiger partial charge in [-0.2, -0.15) is 13.2 Å². The lowest BCUT2D eigenvalue weighted by molar-refractivity contribution is -0.163. The summed E-state index contributed by atoms with van der Waals surface area (Å²) in [5, 5.41) is 3.34. The Kier molecular flexibility index (Phi) is 5.64. The summed E-state index contributed by atoms with van der Waals surface area (Å²) in [6.45, 7) is 3.10. The topological polar surface area (TPSA) is 80.5 Å². The molecule has 0 radical (unpaired) electrons. The largest absolute Gasteiger partial charge is 0.494 e. The second-order valence-corrected chi connectivity index (χ2v) is 7.16. The van der Waals surface area contributed by atoms with Crippen molar-refractivity contribution in [3.05, 3.63) is 30.5 Å². The molecule has 1 amide bonds. The lowest BCUT2D eigenvalue weighted by atomic mass is 9.94. The Morgan fingerprint density at radius 2 is 2.11 bits per heavy atom. The molecule has 2 unspecified atom stereocenters. The number of anilines is 1. The minimum absolute atomic E-state index is 0.176. The van der Waals surface area contributed by atoms with E-state index >= 15 is 0 Å². The van der Waals surface area contributed by atoms with E-state index in [0.717, 1.165) is 11.1 Å². The molecule has 3 atom stereocenters. The summed E-state index contributed by atoms with van der Waals surface area (Å²) in [5.74, 6) is -0.381. The number of pyridine rings is 1. The number of aromatic nitrogens is 1. The molecule has 1 aromatic heterocycles. The average Bonchev–Trinajstić information content (AvgIpc) is 2.65. The van der Waals surface area contributed by atoms with E-state index in [1.54, 1.807) is 13.3 Å². The van der Waals surface area contributed by atoms with Crippen LogP contribution >= 0.6 is 0 Å². The highest BCUT2D eigenvalue weighted by Crippen LogP contribution is 2.34. The monoisotopic (exact) mass is 396 g/mol. The summed E-state index contributed by atoms with van der Waals surface area (Å²) in [6.07, 6.45) is -2.50. The minimum Gasteiger partial charge on any atom is -0.494 e. The van der Waals surface area contributed by atoms with Crippen LogP contribution < -0.4 is 20.7 Å². The van der Waals surface area contributed by atoms with Gasteiger partial charge in [0.25, 0.3) is 0 Å². The van der Waals surface area contributed by atoms with Crippen molar-refractivity contribution < 1.29 is 22.7 Å². The average molecular weight is 396 g/mol. The zero-order chi connectivity index (χ0) is 20.5. The van der Waals surface area contributed by atoms with Crippen LogP contribution in [0.1, 0.15) is 13.3 Å². The minimum atomic E-state index is -4.76. The summed E-state index contributed by atoms with van der Waals surface area (Å²) in [4.78, 5) is 18.3. The van der Waals surface area contributed by atoms with E-state index in [1.165, 1.54) is 0 Å². The van der Waals surface area contributed by atoms with Crippen LogP contribution in [0, 0.1) is 5.92 Å². The molecule has 1 fully saturated rings. The van der Waals surface area contributed by atoms with Gasteiger partial charge < -0.3 is 20.7 Å². The maximum Gasteiger partial charge on any atom is 0.412 e. The number of halogens is 3. The van der Waals surface area contributed by atoms with E-state index in [0.29, 0.717) is 30.8 Å². The quantitative estimate of drug-likeness (QED) is 0.830. The summed E-state index contributed by atoms with van der Waals surface area (Å²) in [7, 11) is 1.57. The number of carbonyl (C=O) groups excluding carboxylic acids is 1. The number of hydrogen-bond donors (Lipinski definition) is 2. The molecular formula is C19H23F3N4O2. The lowest BCUT2D eigenvalue weighted by Gasteiger charge is -2.39. The van der Waals surface area contributed by atoms with Gasteiger partial charge in [-0.3, -0.25) is 9.78 Å². The Morgan fingerprint density at radius 3 is 2.79 bits per heavy atom. The van der Waals surface area contributed by atoms with Gasteiger partial charge in [0.2, 0.25) is 5.91 Å². The summed E-state index contributed by atoms with van der Waals surface area (Å²) in [6, 6.07) is 4.51. The smallest absolute Gasteiger partial charge is 0.412 e. The first-order chi connectivity index (χ1) is 13.2. The zero-order valence-corrected chi connectivity index (χ0v) is 15.7. The molecule has 28 heavy (non-hydrogen) atoms. The van der Waals surface area contributed by atoms with Gasteiger partial charge in [0.05, 0.1) is 7.11 Å². The van der Waals surface area contributed by atoms with Crippen molar-refractivity contribution in [1.29, 1.82) is 0 Å². The van der Waals surface area contributed by atoms with Crippen molar-refractivity contribution in [1.82, 2.24) is 10.3 Å². The molecule has 2 aromatic rings. The summed E-state index contributed by atoms with van der Waals surface area (Å²) >= 11 is 0. The van der Waals surface area contributed by atoms with Crippen LogP contribution in [0.4, 0.5) is 18.9 Å². The zero-order valence-electron chi connectivity index (χ0n) is 15.7. The molecule has 3 rings (SSSR count). The first-order valence-electron chi connectivity index (χ1n) is 9.00. The predicted octanol–water partition coefficient (Wildman–Crippen LogP) is 2.46. The van der Waals surface area contributed by atoms with Gasteiger partial charge in [-0.05, 0) is 36.6 Å². The third-order valence-corrected chi connectivity index (χ3v) is 4.91. The van der Waals surface area contributed by atoms with Crippen LogP contribution in [-0.2, 0) is 4.79 Å². The van der Waals surface area contributed by atoms with E-state index in [9.17, 15) is 18.0 Å². The highest BCUT2D eigenvalue weighted by molar-refractivity contribution is 5.95. The van der Waals surface area contributed by atoms with Gasteiger partial charge in [0, 0.05) is 36.4 Å². The number of amides is 1. The van der Waals surface area contributed by atoms with Crippen molar-refractivity contribution in [2.24, 2.45) is 11.7 Å². The molecule has 0 bridgehead atoms. The third kappa shape index (κ3) is 4.14. The summed E-state index contributed by atoms with van der Waals surface area (Å²) < 4.78 is 43.5. The van der Waals surface area contributed by atoms with E-state index in [-0.39, 0.29) is 5.92 Å². The first-order valence-corrected chi connectivity index (χ1v) is 9.00. The predicted molar refractivity (Wildman–Crippen MR) is 100 cm³/mol. The summed E-state index contributed by atoms with van der Waals surface area (Å²) in [5.41, 5.74) is 6.63. The number of nitrogens with zero attached hydrogens (tertiary/aromatic N) is 2. The molecule has 1 aliphatic heterocycles. The van der Waals surface area contributed by atoms with Gasteiger partial charge >= 0.3 is 6.18 Å². The number of ether oxygens (including phenoxy) is 1. The van der Waals surface area contributed by atoms with Crippen molar-refractivity contribution in [3.63, 3.8) is 0 Å².